The SMILES string of the molecule is CC1CN(C2CC(N)C2)CC(C)(C)O1. The van der Waals surface area contributed by atoms with E-state index in [1.807, 2.05) is 0 Å². The summed E-state index contributed by atoms with van der Waals surface area (Å²) in [7, 11) is 0. The van der Waals surface area contributed by atoms with Crippen molar-refractivity contribution in [1.29, 1.82) is 0 Å². The lowest BCUT2D eigenvalue weighted by Gasteiger charge is -2.49. The summed E-state index contributed by atoms with van der Waals surface area (Å²) in [5, 5.41) is 0. The molecule has 1 atom stereocenters. The molecule has 0 amide bonds. The van der Waals surface area contributed by atoms with E-state index in [1.165, 1.54) is 12.8 Å². The summed E-state index contributed by atoms with van der Waals surface area (Å²) in [6.07, 6.45) is 2.70. The van der Waals surface area contributed by atoms with Crippen LogP contribution in [0.2, 0.25) is 0 Å². The Bertz CT molecular complexity index is 211. The van der Waals surface area contributed by atoms with Gasteiger partial charge < -0.3 is 10.5 Å². The highest BCUT2D eigenvalue weighted by Crippen LogP contribution is 2.30. The van der Waals surface area contributed by atoms with Gasteiger partial charge in [0.1, 0.15) is 0 Å². The molecule has 0 aromatic carbocycles. The van der Waals surface area contributed by atoms with Crippen LogP contribution in [0.5, 0.6) is 0 Å². The van der Waals surface area contributed by atoms with E-state index in [0.29, 0.717) is 12.1 Å². The second-order valence-electron chi connectivity index (χ2n) is 5.50. The summed E-state index contributed by atoms with van der Waals surface area (Å²) >= 11 is 0. The molecule has 1 heterocycles. The molecule has 1 saturated carbocycles. The Morgan fingerprint density at radius 1 is 1.36 bits per heavy atom. The lowest BCUT2D eigenvalue weighted by Crippen LogP contribution is -2.60. The highest BCUT2D eigenvalue weighted by molar-refractivity contribution is 4.94. The lowest BCUT2D eigenvalue weighted by molar-refractivity contribution is -0.145. The van der Waals surface area contributed by atoms with Crippen molar-refractivity contribution in [2.45, 2.75) is 57.4 Å². The molecule has 1 aliphatic carbocycles. The number of rotatable bonds is 1. The Hall–Kier alpha value is -0.120. The number of nitrogens with two attached hydrogens (primary N) is 1. The van der Waals surface area contributed by atoms with Crippen molar-refractivity contribution in [3.8, 4) is 0 Å². The zero-order valence-electron chi connectivity index (χ0n) is 9.49. The van der Waals surface area contributed by atoms with Crippen molar-refractivity contribution in [3.05, 3.63) is 0 Å². The van der Waals surface area contributed by atoms with Crippen LogP contribution >= 0.6 is 0 Å². The zero-order valence-corrected chi connectivity index (χ0v) is 9.49. The third-order valence-electron chi connectivity index (χ3n) is 3.26. The van der Waals surface area contributed by atoms with Gasteiger partial charge in [0.15, 0.2) is 0 Å². The van der Waals surface area contributed by atoms with Gasteiger partial charge in [-0.3, -0.25) is 4.90 Å². The summed E-state index contributed by atoms with van der Waals surface area (Å²) < 4.78 is 5.88. The summed E-state index contributed by atoms with van der Waals surface area (Å²) in [5.74, 6) is 0. The van der Waals surface area contributed by atoms with Crippen molar-refractivity contribution in [1.82, 2.24) is 4.90 Å². The molecule has 2 fully saturated rings. The highest BCUT2D eigenvalue weighted by atomic mass is 16.5. The van der Waals surface area contributed by atoms with Crippen LogP contribution < -0.4 is 5.73 Å². The van der Waals surface area contributed by atoms with E-state index in [2.05, 4.69) is 25.7 Å². The lowest BCUT2D eigenvalue weighted by atomic mass is 9.85. The quantitative estimate of drug-likeness (QED) is 0.682. The summed E-state index contributed by atoms with van der Waals surface area (Å²) in [4.78, 5) is 2.55. The Balaban J connectivity index is 1.93. The van der Waals surface area contributed by atoms with Crippen LogP contribution in [0.3, 0.4) is 0 Å². The second kappa shape index (κ2) is 3.47. The molecule has 0 aromatic rings. The van der Waals surface area contributed by atoms with Crippen LogP contribution in [-0.2, 0) is 4.74 Å². The fourth-order valence-electron chi connectivity index (χ4n) is 2.71. The van der Waals surface area contributed by atoms with Gasteiger partial charge in [0.2, 0.25) is 0 Å². The van der Waals surface area contributed by atoms with E-state index in [-0.39, 0.29) is 5.60 Å². The minimum Gasteiger partial charge on any atom is -0.370 e. The van der Waals surface area contributed by atoms with Gasteiger partial charge in [-0.15, -0.1) is 0 Å². The van der Waals surface area contributed by atoms with Gasteiger partial charge in [-0.25, -0.2) is 0 Å². The van der Waals surface area contributed by atoms with Crippen LogP contribution in [0, 0.1) is 0 Å². The van der Waals surface area contributed by atoms with Gasteiger partial charge >= 0.3 is 0 Å². The third-order valence-corrected chi connectivity index (χ3v) is 3.26. The van der Waals surface area contributed by atoms with Crippen LogP contribution in [-0.4, -0.2) is 41.8 Å². The maximum Gasteiger partial charge on any atom is 0.0757 e. The van der Waals surface area contributed by atoms with Crippen molar-refractivity contribution >= 4 is 0 Å². The van der Waals surface area contributed by atoms with Crippen molar-refractivity contribution < 1.29 is 4.74 Å². The standard InChI is InChI=1S/C11H22N2O/c1-8-6-13(7-11(2,3)14-8)10-4-9(12)5-10/h8-10H,4-7,12H2,1-3H3. The summed E-state index contributed by atoms with van der Waals surface area (Å²) in [6.45, 7) is 8.63. The maximum atomic E-state index is 5.88. The van der Waals surface area contributed by atoms with Gasteiger partial charge in [0.05, 0.1) is 11.7 Å². The van der Waals surface area contributed by atoms with Gasteiger partial charge in [-0.1, -0.05) is 0 Å². The number of hydrogen-bond donors (Lipinski definition) is 1. The van der Waals surface area contributed by atoms with E-state index >= 15 is 0 Å². The molecule has 0 spiro atoms. The van der Waals surface area contributed by atoms with Crippen LogP contribution in [0.1, 0.15) is 33.6 Å². The highest BCUT2D eigenvalue weighted by Gasteiger charge is 2.38. The van der Waals surface area contributed by atoms with Crippen LogP contribution in [0.25, 0.3) is 0 Å². The smallest absolute Gasteiger partial charge is 0.0757 e. The predicted octanol–water partition coefficient (Wildman–Crippen LogP) is 0.975. The molecule has 3 nitrogen and oxygen atoms in total. The molecular formula is C11H22N2O. The first-order valence-corrected chi connectivity index (χ1v) is 5.64. The maximum absolute atomic E-state index is 5.88. The largest absolute Gasteiger partial charge is 0.370 e. The first kappa shape index (κ1) is 10.4. The molecule has 3 heteroatoms. The minimum atomic E-state index is 0.0113. The Morgan fingerprint density at radius 2 is 2.00 bits per heavy atom. The van der Waals surface area contributed by atoms with Gasteiger partial charge in [-0.05, 0) is 33.6 Å². The summed E-state index contributed by atoms with van der Waals surface area (Å²) in [6, 6.07) is 1.16. The van der Waals surface area contributed by atoms with E-state index in [9.17, 15) is 0 Å². The van der Waals surface area contributed by atoms with Crippen LogP contribution in [0.4, 0.5) is 0 Å². The van der Waals surface area contributed by atoms with Crippen molar-refractivity contribution in [2.75, 3.05) is 13.1 Å². The van der Waals surface area contributed by atoms with E-state index < -0.39 is 0 Å². The van der Waals surface area contributed by atoms with Crippen LogP contribution in [0.15, 0.2) is 0 Å². The summed E-state index contributed by atoms with van der Waals surface area (Å²) in [5.41, 5.74) is 5.83. The van der Waals surface area contributed by atoms with Crippen molar-refractivity contribution in [2.24, 2.45) is 5.73 Å². The molecule has 2 N–H and O–H groups in total. The number of ether oxygens (including phenoxy) is 1. The Kier molecular flexibility index (Phi) is 2.58. The molecule has 0 aromatic heterocycles. The van der Waals surface area contributed by atoms with E-state index in [4.69, 9.17) is 10.5 Å². The molecule has 1 saturated heterocycles. The number of morpholine rings is 1. The Morgan fingerprint density at radius 3 is 2.50 bits per heavy atom. The molecule has 14 heavy (non-hydrogen) atoms. The molecule has 2 rings (SSSR count). The van der Waals surface area contributed by atoms with E-state index in [1.54, 1.807) is 0 Å². The molecule has 1 unspecified atom stereocenters. The third kappa shape index (κ3) is 2.10. The molecule has 0 radical (unpaired) electrons. The van der Waals surface area contributed by atoms with Gasteiger partial charge in [-0.2, -0.15) is 0 Å². The average Bonchev–Trinajstić information content (AvgIpc) is 1.94. The van der Waals surface area contributed by atoms with Crippen molar-refractivity contribution in [3.63, 3.8) is 0 Å². The monoisotopic (exact) mass is 198 g/mol. The minimum absolute atomic E-state index is 0.0113. The van der Waals surface area contributed by atoms with E-state index in [0.717, 1.165) is 19.1 Å². The fourth-order valence-corrected chi connectivity index (χ4v) is 2.71. The topological polar surface area (TPSA) is 38.5 Å². The normalized spacial score (nSPS) is 43.3. The van der Waals surface area contributed by atoms with Gasteiger partial charge in [0, 0.05) is 25.2 Å². The molecule has 1 aliphatic heterocycles. The molecule has 82 valence electrons. The number of nitrogens with zero attached hydrogens (tertiary/aromatic N) is 1. The molecule has 2 aliphatic rings. The average molecular weight is 198 g/mol. The zero-order chi connectivity index (χ0) is 10.3. The fraction of sp³-hybridized carbons (Fsp3) is 1.00. The number of hydrogen-bond acceptors (Lipinski definition) is 3. The second-order valence-corrected chi connectivity index (χ2v) is 5.50. The predicted molar refractivity (Wildman–Crippen MR) is 57.2 cm³/mol. The van der Waals surface area contributed by atoms with Gasteiger partial charge in [0.25, 0.3) is 0 Å². The molecular weight excluding hydrogens is 176 g/mol. The molecule has 0 bridgehead atoms. The first-order valence-electron chi connectivity index (χ1n) is 5.64. The Labute approximate surface area is 86.6 Å². The first-order chi connectivity index (χ1) is 6.46.